The van der Waals surface area contributed by atoms with Crippen LogP contribution in [0.4, 0.5) is 4.39 Å². The van der Waals surface area contributed by atoms with E-state index in [9.17, 15) is 9.18 Å². The molecule has 0 aliphatic carbocycles. The first-order valence-electron chi connectivity index (χ1n) is 7.14. The number of hydrogen-bond donors (Lipinski definition) is 1. The Morgan fingerprint density at radius 2 is 2.05 bits per heavy atom. The van der Waals surface area contributed by atoms with Crippen LogP contribution in [-0.2, 0) is 0 Å². The Morgan fingerprint density at radius 1 is 1.35 bits per heavy atom. The normalized spacial score (nSPS) is 18.1. The van der Waals surface area contributed by atoms with Gasteiger partial charge in [-0.15, -0.1) is 0 Å². The lowest BCUT2D eigenvalue weighted by Crippen LogP contribution is -2.53. The molecule has 0 bridgehead atoms. The maximum Gasteiger partial charge on any atom is 0.254 e. The summed E-state index contributed by atoms with van der Waals surface area (Å²) in [5.74, 6) is -0.464. The first-order chi connectivity index (χ1) is 9.65. The number of amides is 1. The predicted octanol–water partition coefficient (Wildman–Crippen LogP) is 1.32. The summed E-state index contributed by atoms with van der Waals surface area (Å²) in [7, 11) is 0. The van der Waals surface area contributed by atoms with Crippen LogP contribution in [0.25, 0.3) is 0 Å². The van der Waals surface area contributed by atoms with Gasteiger partial charge in [-0.05, 0) is 24.6 Å². The van der Waals surface area contributed by atoms with Crippen LogP contribution < -0.4 is 5.73 Å². The van der Waals surface area contributed by atoms with Crippen molar-refractivity contribution in [1.29, 1.82) is 0 Å². The molecule has 20 heavy (non-hydrogen) atoms. The number of rotatable bonds is 4. The Balaban J connectivity index is 1.95. The van der Waals surface area contributed by atoms with Crippen LogP contribution in [0, 0.1) is 5.82 Å². The third kappa shape index (κ3) is 3.35. The van der Waals surface area contributed by atoms with Gasteiger partial charge in [0.15, 0.2) is 0 Å². The monoisotopic (exact) mass is 279 g/mol. The van der Waals surface area contributed by atoms with E-state index in [4.69, 9.17) is 5.73 Å². The predicted molar refractivity (Wildman–Crippen MR) is 77.0 cm³/mol. The summed E-state index contributed by atoms with van der Waals surface area (Å²) in [5.41, 5.74) is 6.17. The van der Waals surface area contributed by atoms with Gasteiger partial charge in [-0.1, -0.05) is 13.0 Å². The summed E-state index contributed by atoms with van der Waals surface area (Å²) >= 11 is 0. The van der Waals surface area contributed by atoms with Crippen LogP contribution in [0.5, 0.6) is 0 Å². The molecule has 1 unspecified atom stereocenters. The topological polar surface area (TPSA) is 49.6 Å². The lowest BCUT2D eigenvalue weighted by Gasteiger charge is -2.38. The van der Waals surface area contributed by atoms with Crippen molar-refractivity contribution in [2.45, 2.75) is 19.4 Å². The molecule has 1 aliphatic rings. The minimum Gasteiger partial charge on any atom is -0.336 e. The Bertz CT molecular complexity index is 454. The average molecular weight is 279 g/mol. The summed E-state index contributed by atoms with van der Waals surface area (Å²) < 4.78 is 13.2. The zero-order valence-corrected chi connectivity index (χ0v) is 11.9. The van der Waals surface area contributed by atoms with Gasteiger partial charge in [0, 0.05) is 44.3 Å². The van der Waals surface area contributed by atoms with Crippen molar-refractivity contribution in [3.05, 3.63) is 35.6 Å². The van der Waals surface area contributed by atoms with E-state index in [1.54, 1.807) is 17.0 Å². The second-order valence-electron chi connectivity index (χ2n) is 5.14. The van der Waals surface area contributed by atoms with Gasteiger partial charge in [0.1, 0.15) is 5.82 Å². The smallest absolute Gasteiger partial charge is 0.254 e. The van der Waals surface area contributed by atoms with Gasteiger partial charge in [0.05, 0.1) is 0 Å². The van der Waals surface area contributed by atoms with Crippen LogP contribution >= 0.6 is 0 Å². The zero-order chi connectivity index (χ0) is 14.5. The second-order valence-corrected chi connectivity index (χ2v) is 5.14. The van der Waals surface area contributed by atoms with Crippen LogP contribution in [0.2, 0.25) is 0 Å². The van der Waals surface area contributed by atoms with Gasteiger partial charge in [-0.2, -0.15) is 0 Å². The zero-order valence-electron chi connectivity index (χ0n) is 11.9. The Morgan fingerprint density at radius 3 is 2.60 bits per heavy atom. The molecular weight excluding hydrogens is 257 g/mol. The lowest BCUT2D eigenvalue weighted by atomic mass is 10.1. The van der Waals surface area contributed by atoms with E-state index in [1.165, 1.54) is 12.1 Å². The number of carbonyl (C=O) groups is 1. The molecule has 1 fully saturated rings. The average Bonchev–Trinajstić information content (AvgIpc) is 2.48. The van der Waals surface area contributed by atoms with Crippen molar-refractivity contribution < 1.29 is 9.18 Å². The SMILES string of the molecule is CCC(CN)N1CCN(C(=O)c2cccc(F)c2)CC1. The van der Waals surface area contributed by atoms with Gasteiger partial charge in [0.25, 0.3) is 5.91 Å². The van der Waals surface area contributed by atoms with Crippen molar-refractivity contribution in [2.24, 2.45) is 5.73 Å². The van der Waals surface area contributed by atoms with Crippen molar-refractivity contribution in [3.8, 4) is 0 Å². The highest BCUT2D eigenvalue weighted by Gasteiger charge is 2.25. The number of carbonyl (C=O) groups excluding carboxylic acids is 1. The van der Waals surface area contributed by atoms with Crippen molar-refractivity contribution in [2.75, 3.05) is 32.7 Å². The Labute approximate surface area is 119 Å². The van der Waals surface area contributed by atoms with Crippen molar-refractivity contribution >= 4 is 5.91 Å². The minimum atomic E-state index is -0.372. The first kappa shape index (κ1) is 14.9. The highest BCUT2D eigenvalue weighted by Crippen LogP contribution is 2.12. The maximum atomic E-state index is 13.2. The summed E-state index contributed by atoms with van der Waals surface area (Å²) in [6.07, 6.45) is 1.02. The molecule has 0 radical (unpaired) electrons. The number of nitrogens with two attached hydrogens (primary N) is 1. The molecule has 1 aliphatic heterocycles. The molecule has 1 aromatic carbocycles. The van der Waals surface area contributed by atoms with E-state index >= 15 is 0 Å². The van der Waals surface area contributed by atoms with E-state index in [2.05, 4.69) is 11.8 Å². The molecule has 1 aromatic rings. The Hall–Kier alpha value is -1.46. The summed E-state index contributed by atoms with van der Waals surface area (Å²) in [5, 5.41) is 0. The number of halogens is 1. The van der Waals surface area contributed by atoms with Crippen LogP contribution in [0.3, 0.4) is 0 Å². The molecule has 0 aromatic heterocycles. The molecule has 0 saturated carbocycles. The largest absolute Gasteiger partial charge is 0.336 e. The van der Waals surface area contributed by atoms with Gasteiger partial charge in [-0.25, -0.2) is 4.39 Å². The molecule has 0 spiro atoms. The third-order valence-electron chi connectivity index (χ3n) is 3.93. The highest BCUT2D eigenvalue weighted by atomic mass is 19.1. The fraction of sp³-hybridized carbons (Fsp3) is 0.533. The molecule has 1 amide bonds. The molecule has 2 rings (SSSR count). The van der Waals surface area contributed by atoms with E-state index in [1.807, 2.05) is 0 Å². The van der Waals surface area contributed by atoms with Gasteiger partial charge < -0.3 is 10.6 Å². The number of hydrogen-bond acceptors (Lipinski definition) is 3. The summed E-state index contributed by atoms with van der Waals surface area (Å²) in [6, 6.07) is 6.26. The Kier molecular flexibility index (Phi) is 5.09. The molecule has 1 atom stereocenters. The van der Waals surface area contributed by atoms with Crippen LogP contribution in [0.15, 0.2) is 24.3 Å². The number of piperazine rings is 1. The first-order valence-corrected chi connectivity index (χ1v) is 7.14. The molecular formula is C15H22FN3O. The van der Waals surface area contributed by atoms with Gasteiger partial charge in [-0.3, -0.25) is 9.69 Å². The highest BCUT2D eigenvalue weighted by molar-refractivity contribution is 5.94. The van der Waals surface area contributed by atoms with Crippen molar-refractivity contribution in [3.63, 3.8) is 0 Å². The van der Waals surface area contributed by atoms with Crippen LogP contribution in [-0.4, -0.2) is 54.5 Å². The van der Waals surface area contributed by atoms with Gasteiger partial charge >= 0.3 is 0 Å². The molecule has 110 valence electrons. The van der Waals surface area contributed by atoms with E-state index in [0.717, 1.165) is 19.5 Å². The standard InChI is InChI=1S/C15H22FN3O/c1-2-14(11-17)18-6-8-19(9-7-18)15(20)12-4-3-5-13(16)10-12/h3-5,10,14H,2,6-9,11,17H2,1H3. The molecule has 1 heterocycles. The summed E-state index contributed by atoms with van der Waals surface area (Å²) in [4.78, 5) is 16.4. The van der Waals surface area contributed by atoms with Gasteiger partial charge in [0.2, 0.25) is 0 Å². The van der Waals surface area contributed by atoms with E-state index in [0.29, 0.717) is 31.2 Å². The molecule has 1 saturated heterocycles. The lowest BCUT2D eigenvalue weighted by molar-refractivity contribution is 0.0571. The summed E-state index contributed by atoms with van der Waals surface area (Å²) in [6.45, 7) is 5.78. The quantitative estimate of drug-likeness (QED) is 0.904. The maximum absolute atomic E-state index is 13.2. The van der Waals surface area contributed by atoms with E-state index in [-0.39, 0.29) is 11.7 Å². The third-order valence-corrected chi connectivity index (χ3v) is 3.93. The van der Waals surface area contributed by atoms with E-state index < -0.39 is 0 Å². The minimum absolute atomic E-state index is 0.0926. The van der Waals surface area contributed by atoms with Crippen molar-refractivity contribution in [1.82, 2.24) is 9.80 Å². The fourth-order valence-electron chi connectivity index (χ4n) is 2.67. The van der Waals surface area contributed by atoms with Crippen LogP contribution in [0.1, 0.15) is 23.7 Å². The molecule has 4 nitrogen and oxygen atoms in total. The fourth-order valence-corrected chi connectivity index (χ4v) is 2.67. The molecule has 2 N–H and O–H groups in total. The number of nitrogens with zero attached hydrogens (tertiary/aromatic N) is 2. The number of benzene rings is 1. The second kappa shape index (κ2) is 6.81. The molecule has 5 heteroatoms.